The lowest BCUT2D eigenvalue weighted by molar-refractivity contribution is 0.421. The number of hydrogen-bond acceptors (Lipinski definition) is 1. The third-order valence-electron chi connectivity index (χ3n) is 2.99. The first-order chi connectivity index (χ1) is 8.79. The molecule has 18 heavy (non-hydrogen) atoms. The Kier molecular flexibility index (Phi) is 2.52. The highest BCUT2D eigenvalue weighted by molar-refractivity contribution is 5.81. The van der Waals surface area contributed by atoms with Crippen LogP contribution in [-0.4, -0.2) is 11.5 Å². The second kappa shape index (κ2) is 4.18. The van der Waals surface area contributed by atoms with Crippen LogP contribution >= 0.6 is 0 Å². The molecule has 0 atom stereocenters. The summed E-state index contributed by atoms with van der Waals surface area (Å²) in [5.41, 5.74) is 2.90. The smallest absolute Gasteiger partial charge is 0.152 e. The maximum absolute atomic E-state index is 13.0. The van der Waals surface area contributed by atoms with Crippen molar-refractivity contribution in [3.8, 4) is 16.9 Å². The summed E-state index contributed by atoms with van der Waals surface area (Å²) in [5.74, 6) is 0.573. The van der Waals surface area contributed by atoms with Crippen molar-refractivity contribution in [1.82, 2.24) is 4.40 Å². The first-order valence-corrected chi connectivity index (χ1v) is 5.69. The predicted octanol–water partition coefficient (Wildman–Crippen LogP) is 3.75. The van der Waals surface area contributed by atoms with Gasteiger partial charge in [-0.25, -0.2) is 4.39 Å². The van der Waals surface area contributed by atoms with Crippen molar-refractivity contribution in [2.45, 2.75) is 0 Å². The van der Waals surface area contributed by atoms with E-state index in [-0.39, 0.29) is 5.82 Å². The average Bonchev–Trinajstić information content (AvgIpc) is 2.78. The van der Waals surface area contributed by atoms with Crippen LogP contribution in [0.2, 0.25) is 0 Å². The zero-order chi connectivity index (χ0) is 12.5. The standard InChI is InChI=1S/C15H12FNO/c1-18-15-13(11-5-7-12(16)8-6-11)10-17-9-3-2-4-14(15)17/h2-10H,1H3. The van der Waals surface area contributed by atoms with Gasteiger partial charge in [-0.2, -0.15) is 0 Å². The van der Waals surface area contributed by atoms with Crippen LogP contribution in [0.3, 0.4) is 0 Å². The van der Waals surface area contributed by atoms with Gasteiger partial charge < -0.3 is 9.14 Å². The molecule has 0 spiro atoms. The predicted molar refractivity (Wildman–Crippen MR) is 69.3 cm³/mol. The van der Waals surface area contributed by atoms with Gasteiger partial charge in [0, 0.05) is 18.0 Å². The first-order valence-electron chi connectivity index (χ1n) is 5.69. The lowest BCUT2D eigenvalue weighted by Crippen LogP contribution is -1.85. The van der Waals surface area contributed by atoms with Gasteiger partial charge in [-0.05, 0) is 29.8 Å². The fraction of sp³-hybridized carbons (Fsp3) is 0.0667. The quantitative estimate of drug-likeness (QED) is 0.666. The molecule has 3 aromatic rings. The molecule has 0 aliphatic carbocycles. The van der Waals surface area contributed by atoms with Crippen LogP contribution < -0.4 is 4.74 Å². The number of benzene rings is 1. The van der Waals surface area contributed by atoms with Gasteiger partial charge in [0.05, 0.1) is 12.6 Å². The number of fused-ring (bicyclic) bond motifs is 1. The summed E-state index contributed by atoms with van der Waals surface area (Å²) in [4.78, 5) is 0. The van der Waals surface area contributed by atoms with E-state index in [1.165, 1.54) is 12.1 Å². The highest BCUT2D eigenvalue weighted by Crippen LogP contribution is 2.35. The monoisotopic (exact) mass is 241 g/mol. The van der Waals surface area contributed by atoms with Gasteiger partial charge in [0.2, 0.25) is 0 Å². The van der Waals surface area contributed by atoms with Gasteiger partial charge in [-0.3, -0.25) is 0 Å². The van der Waals surface area contributed by atoms with Crippen molar-refractivity contribution in [3.63, 3.8) is 0 Å². The number of aromatic nitrogens is 1. The maximum Gasteiger partial charge on any atom is 0.152 e. The van der Waals surface area contributed by atoms with Crippen LogP contribution in [0, 0.1) is 5.82 Å². The second-order valence-electron chi connectivity index (χ2n) is 4.08. The minimum Gasteiger partial charge on any atom is -0.494 e. The summed E-state index contributed by atoms with van der Waals surface area (Å²) in [6.07, 6.45) is 3.95. The Hall–Kier alpha value is -2.29. The Morgan fingerprint density at radius 2 is 1.83 bits per heavy atom. The highest BCUT2D eigenvalue weighted by atomic mass is 19.1. The maximum atomic E-state index is 13.0. The molecule has 0 aliphatic heterocycles. The number of halogens is 1. The Morgan fingerprint density at radius 3 is 2.56 bits per heavy atom. The van der Waals surface area contributed by atoms with Crippen LogP contribution in [0.4, 0.5) is 4.39 Å². The van der Waals surface area contributed by atoms with Crippen molar-refractivity contribution in [2.75, 3.05) is 7.11 Å². The van der Waals surface area contributed by atoms with E-state index >= 15 is 0 Å². The molecule has 1 aromatic carbocycles. The van der Waals surface area contributed by atoms with E-state index in [4.69, 9.17) is 4.74 Å². The molecule has 90 valence electrons. The molecule has 0 N–H and O–H groups in total. The summed E-state index contributed by atoms with van der Waals surface area (Å²) in [7, 11) is 1.65. The fourth-order valence-electron chi connectivity index (χ4n) is 2.15. The first kappa shape index (κ1) is 10.8. The molecule has 3 heteroatoms. The molecule has 0 saturated carbocycles. The van der Waals surface area contributed by atoms with E-state index < -0.39 is 0 Å². The number of pyridine rings is 1. The number of rotatable bonds is 2. The molecule has 2 nitrogen and oxygen atoms in total. The van der Waals surface area contributed by atoms with Gasteiger partial charge >= 0.3 is 0 Å². The van der Waals surface area contributed by atoms with Crippen molar-refractivity contribution < 1.29 is 9.13 Å². The summed E-state index contributed by atoms with van der Waals surface area (Å²) >= 11 is 0. The summed E-state index contributed by atoms with van der Waals surface area (Å²) in [6.45, 7) is 0. The third kappa shape index (κ3) is 1.64. The molecule has 0 saturated heterocycles. The average molecular weight is 241 g/mol. The van der Waals surface area contributed by atoms with Crippen LogP contribution in [0.15, 0.2) is 54.9 Å². The van der Waals surface area contributed by atoms with Crippen molar-refractivity contribution in [2.24, 2.45) is 0 Å². The highest BCUT2D eigenvalue weighted by Gasteiger charge is 2.12. The second-order valence-corrected chi connectivity index (χ2v) is 4.08. The lowest BCUT2D eigenvalue weighted by Gasteiger charge is -2.03. The van der Waals surface area contributed by atoms with Crippen molar-refractivity contribution in [1.29, 1.82) is 0 Å². The van der Waals surface area contributed by atoms with Gasteiger partial charge in [0.15, 0.2) is 5.75 Å². The fourth-order valence-corrected chi connectivity index (χ4v) is 2.15. The van der Waals surface area contributed by atoms with Crippen molar-refractivity contribution in [3.05, 3.63) is 60.7 Å². The molecule has 2 heterocycles. The Morgan fingerprint density at radius 1 is 1.06 bits per heavy atom. The lowest BCUT2D eigenvalue weighted by atomic mass is 10.1. The molecule has 3 rings (SSSR count). The molecule has 0 unspecified atom stereocenters. The van der Waals surface area contributed by atoms with E-state index in [1.54, 1.807) is 19.2 Å². The number of nitrogens with zero attached hydrogens (tertiary/aromatic N) is 1. The van der Waals surface area contributed by atoms with E-state index in [1.807, 2.05) is 35.0 Å². The van der Waals surface area contributed by atoms with Gasteiger partial charge in [0.25, 0.3) is 0 Å². The number of ether oxygens (including phenoxy) is 1. The topological polar surface area (TPSA) is 13.6 Å². The number of hydrogen-bond donors (Lipinski definition) is 0. The van der Waals surface area contributed by atoms with E-state index in [0.717, 1.165) is 22.4 Å². The minimum absolute atomic E-state index is 0.235. The largest absolute Gasteiger partial charge is 0.494 e. The van der Waals surface area contributed by atoms with Gasteiger partial charge in [0.1, 0.15) is 5.82 Å². The Balaban J connectivity index is 2.25. The van der Waals surface area contributed by atoms with Crippen LogP contribution in [0.1, 0.15) is 0 Å². The normalized spacial score (nSPS) is 10.8. The summed E-state index contributed by atoms with van der Waals surface area (Å²) in [6, 6.07) is 12.3. The van der Waals surface area contributed by atoms with E-state index in [2.05, 4.69) is 0 Å². The Bertz CT molecular complexity index is 685. The molecular formula is C15H12FNO. The molecule has 0 bridgehead atoms. The Labute approximate surface area is 104 Å². The third-order valence-corrected chi connectivity index (χ3v) is 2.99. The SMILES string of the molecule is COc1c(-c2ccc(F)cc2)cn2ccccc12. The zero-order valence-electron chi connectivity index (χ0n) is 9.93. The number of methoxy groups -OCH3 is 1. The van der Waals surface area contributed by atoms with Gasteiger partial charge in [-0.1, -0.05) is 18.2 Å². The van der Waals surface area contributed by atoms with E-state index in [9.17, 15) is 4.39 Å². The molecule has 0 amide bonds. The van der Waals surface area contributed by atoms with Crippen LogP contribution in [0.5, 0.6) is 5.75 Å². The van der Waals surface area contributed by atoms with Gasteiger partial charge in [-0.15, -0.1) is 0 Å². The van der Waals surface area contributed by atoms with E-state index in [0.29, 0.717) is 0 Å². The summed E-state index contributed by atoms with van der Waals surface area (Å²) in [5, 5.41) is 0. The zero-order valence-corrected chi connectivity index (χ0v) is 9.93. The van der Waals surface area contributed by atoms with Crippen LogP contribution in [0.25, 0.3) is 16.6 Å². The minimum atomic E-state index is -0.235. The molecular weight excluding hydrogens is 229 g/mol. The van der Waals surface area contributed by atoms with Crippen molar-refractivity contribution >= 4 is 5.52 Å². The molecule has 2 aromatic heterocycles. The molecule has 0 fully saturated rings. The summed E-state index contributed by atoms with van der Waals surface area (Å²) < 4.78 is 20.4. The van der Waals surface area contributed by atoms with Crippen LogP contribution in [-0.2, 0) is 0 Å². The molecule has 0 aliphatic rings. The molecule has 0 radical (unpaired) electrons.